The van der Waals surface area contributed by atoms with E-state index in [9.17, 15) is 0 Å². The average Bonchev–Trinajstić information content (AvgIpc) is 3.02. The lowest BCUT2D eigenvalue weighted by molar-refractivity contribution is 0.0872. The second-order valence-electron chi connectivity index (χ2n) is 4.48. The number of nitrogens with two attached hydrogens (primary N) is 1. The maximum absolute atomic E-state index is 6.03. The Kier molecular flexibility index (Phi) is 2.59. The third-order valence-electron chi connectivity index (χ3n) is 3.31. The van der Waals surface area contributed by atoms with Gasteiger partial charge in [0.1, 0.15) is 11.4 Å². The molecule has 2 aliphatic rings. The first-order valence-electron chi connectivity index (χ1n) is 5.68. The minimum Gasteiger partial charge on any atom is -0.491 e. The van der Waals surface area contributed by atoms with E-state index in [1.165, 1.54) is 12.8 Å². The summed E-state index contributed by atoms with van der Waals surface area (Å²) in [6.07, 6.45) is 10.5. The highest BCUT2D eigenvalue weighted by Gasteiger charge is 2.43. The van der Waals surface area contributed by atoms with Crippen molar-refractivity contribution in [2.24, 2.45) is 5.73 Å². The smallest absolute Gasteiger partial charge is 0.109 e. The lowest BCUT2D eigenvalue weighted by Crippen LogP contribution is -2.11. The van der Waals surface area contributed by atoms with Gasteiger partial charge in [0.2, 0.25) is 0 Å². The summed E-state index contributed by atoms with van der Waals surface area (Å²) >= 11 is 0. The van der Waals surface area contributed by atoms with Crippen LogP contribution in [0.3, 0.4) is 0 Å². The van der Waals surface area contributed by atoms with Gasteiger partial charge in [0, 0.05) is 12.1 Å². The molecule has 2 aliphatic carbocycles. The van der Waals surface area contributed by atoms with E-state index in [4.69, 9.17) is 10.5 Å². The molecule has 82 valence electrons. The molecule has 1 fully saturated rings. The van der Waals surface area contributed by atoms with Gasteiger partial charge in [-0.25, -0.2) is 0 Å². The van der Waals surface area contributed by atoms with E-state index in [0.29, 0.717) is 0 Å². The van der Waals surface area contributed by atoms with Crippen molar-refractivity contribution in [1.29, 1.82) is 0 Å². The van der Waals surface area contributed by atoms with Gasteiger partial charge in [-0.2, -0.15) is 0 Å². The predicted octanol–water partition coefficient (Wildman–Crippen LogP) is 3.02. The van der Waals surface area contributed by atoms with Crippen LogP contribution in [0.25, 0.3) is 0 Å². The molecule has 0 aromatic carbocycles. The van der Waals surface area contributed by atoms with Gasteiger partial charge < -0.3 is 10.5 Å². The van der Waals surface area contributed by atoms with Crippen molar-refractivity contribution in [1.82, 2.24) is 0 Å². The van der Waals surface area contributed by atoms with Crippen LogP contribution in [0.15, 0.2) is 35.3 Å². The molecule has 0 aromatic heterocycles. The monoisotopic (exact) mass is 205 g/mol. The molecule has 2 N–H and O–H groups in total. The van der Waals surface area contributed by atoms with Crippen molar-refractivity contribution in [3.8, 4) is 0 Å². The largest absolute Gasteiger partial charge is 0.491 e. The van der Waals surface area contributed by atoms with Crippen LogP contribution in [0.4, 0.5) is 0 Å². The molecule has 0 heterocycles. The van der Waals surface area contributed by atoms with Crippen LogP contribution in [-0.4, -0.2) is 5.60 Å². The lowest BCUT2D eigenvalue weighted by atomic mass is 10.2. The zero-order valence-corrected chi connectivity index (χ0v) is 9.55. The molecule has 0 amide bonds. The molecule has 0 spiro atoms. The Morgan fingerprint density at radius 2 is 2.13 bits per heavy atom. The van der Waals surface area contributed by atoms with E-state index in [1.54, 1.807) is 0 Å². The summed E-state index contributed by atoms with van der Waals surface area (Å²) in [6, 6.07) is 0. The van der Waals surface area contributed by atoms with Crippen molar-refractivity contribution in [3.05, 3.63) is 35.3 Å². The summed E-state index contributed by atoms with van der Waals surface area (Å²) in [5.41, 5.74) is 7.99. The standard InChI is InChI=1S/C13H19NO/c1-3-13(8-9-13)15-11-5-4-10(2)12(14)7-6-11/h4,6-7H,3,5,8-9,14H2,1-2H3. The molecule has 0 aromatic rings. The van der Waals surface area contributed by atoms with Gasteiger partial charge >= 0.3 is 0 Å². The zero-order valence-electron chi connectivity index (χ0n) is 9.55. The highest BCUT2D eigenvalue weighted by atomic mass is 16.5. The Labute approximate surface area is 91.5 Å². The molecule has 0 radical (unpaired) electrons. The fraction of sp³-hybridized carbons (Fsp3) is 0.538. The molecular weight excluding hydrogens is 186 g/mol. The molecule has 2 nitrogen and oxygen atoms in total. The number of rotatable bonds is 3. The molecule has 2 rings (SSSR count). The van der Waals surface area contributed by atoms with E-state index in [-0.39, 0.29) is 5.60 Å². The summed E-state index contributed by atoms with van der Waals surface area (Å²) in [6.45, 7) is 4.23. The fourth-order valence-corrected chi connectivity index (χ4v) is 1.77. The van der Waals surface area contributed by atoms with Gasteiger partial charge in [-0.1, -0.05) is 13.0 Å². The Hall–Kier alpha value is -1.18. The first kappa shape index (κ1) is 10.3. The number of hydrogen-bond acceptors (Lipinski definition) is 2. The van der Waals surface area contributed by atoms with Crippen LogP contribution < -0.4 is 5.73 Å². The molecule has 1 saturated carbocycles. The topological polar surface area (TPSA) is 35.2 Å². The summed E-state index contributed by atoms with van der Waals surface area (Å²) in [5.74, 6) is 1.05. The fourth-order valence-electron chi connectivity index (χ4n) is 1.77. The third-order valence-corrected chi connectivity index (χ3v) is 3.31. The Morgan fingerprint density at radius 1 is 1.40 bits per heavy atom. The zero-order chi connectivity index (χ0) is 10.9. The number of hydrogen-bond donors (Lipinski definition) is 1. The first-order valence-corrected chi connectivity index (χ1v) is 5.68. The van der Waals surface area contributed by atoms with E-state index in [2.05, 4.69) is 13.0 Å². The Balaban J connectivity index is 2.06. The Bertz CT molecular complexity index is 346. The third kappa shape index (κ3) is 2.25. The minimum atomic E-state index is 0.153. The molecule has 0 bridgehead atoms. The molecule has 0 unspecified atom stereocenters. The van der Waals surface area contributed by atoms with Gasteiger partial charge in [0.05, 0.1) is 0 Å². The second kappa shape index (κ2) is 3.76. The maximum atomic E-state index is 6.03. The van der Waals surface area contributed by atoms with E-state index in [1.807, 2.05) is 19.1 Å². The molecule has 15 heavy (non-hydrogen) atoms. The second-order valence-corrected chi connectivity index (χ2v) is 4.48. The summed E-state index contributed by atoms with van der Waals surface area (Å²) in [5, 5.41) is 0. The molecule has 0 saturated heterocycles. The van der Waals surface area contributed by atoms with E-state index >= 15 is 0 Å². The van der Waals surface area contributed by atoms with Crippen LogP contribution in [0, 0.1) is 0 Å². The molecule has 0 aliphatic heterocycles. The van der Waals surface area contributed by atoms with Gasteiger partial charge in [-0.05, 0) is 43.9 Å². The number of allylic oxidation sites excluding steroid dienone is 4. The van der Waals surface area contributed by atoms with E-state index in [0.717, 1.165) is 29.9 Å². The molecule has 2 heteroatoms. The quantitative estimate of drug-likeness (QED) is 0.768. The SMILES string of the molecule is CCC1(OC2=CC=C(N)C(C)=CC2)CC1. The summed E-state index contributed by atoms with van der Waals surface area (Å²) in [7, 11) is 0. The van der Waals surface area contributed by atoms with Crippen molar-refractivity contribution in [2.45, 2.75) is 45.1 Å². The molecule has 0 atom stereocenters. The van der Waals surface area contributed by atoms with Crippen LogP contribution in [0.1, 0.15) is 39.5 Å². The predicted molar refractivity (Wildman–Crippen MR) is 62.1 cm³/mol. The summed E-state index contributed by atoms with van der Waals surface area (Å²) < 4.78 is 6.03. The highest BCUT2D eigenvalue weighted by Crippen LogP contribution is 2.44. The van der Waals surface area contributed by atoms with Gasteiger partial charge in [-0.3, -0.25) is 0 Å². The van der Waals surface area contributed by atoms with Crippen LogP contribution in [-0.2, 0) is 4.74 Å². The van der Waals surface area contributed by atoms with E-state index < -0.39 is 0 Å². The van der Waals surface area contributed by atoms with Crippen molar-refractivity contribution in [2.75, 3.05) is 0 Å². The molecular formula is C13H19NO. The van der Waals surface area contributed by atoms with Crippen molar-refractivity contribution < 1.29 is 4.74 Å². The van der Waals surface area contributed by atoms with Crippen LogP contribution >= 0.6 is 0 Å². The van der Waals surface area contributed by atoms with Crippen LogP contribution in [0.5, 0.6) is 0 Å². The van der Waals surface area contributed by atoms with Gasteiger partial charge in [-0.15, -0.1) is 0 Å². The average molecular weight is 205 g/mol. The normalized spacial score (nSPS) is 23.5. The first-order chi connectivity index (χ1) is 7.15. The van der Waals surface area contributed by atoms with Gasteiger partial charge in [0.25, 0.3) is 0 Å². The lowest BCUT2D eigenvalue weighted by Gasteiger charge is -2.17. The van der Waals surface area contributed by atoms with Gasteiger partial charge in [0.15, 0.2) is 0 Å². The summed E-state index contributed by atoms with van der Waals surface area (Å²) in [4.78, 5) is 0. The maximum Gasteiger partial charge on any atom is 0.109 e. The van der Waals surface area contributed by atoms with Crippen molar-refractivity contribution in [3.63, 3.8) is 0 Å². The highest BCUT2D eigenvalue weighted by molar-refractivity contribution is 5.34. The minimum absolute atomic E-state index is 0.153. The number of ether oxygens (including phenoxy) is 1. The Morgan fingerprint density at radius 3 is 2.73 bits per heavy atom. The van der Waals surface area contributed by atoms with Crippen molar-refractivity contribution >= 4 is 0 Å². The van der Waals surface area contributed by atoms with Crippen LogP contribution in [0.2, 0.25) is 0 Å².